The third kappa shape index (κ3) is 4.45. The number of nitrogens with zero attached hydrogens (tertiary/aromatic N) is 4. The number of hydrogen-bond donors (Lipinski definition) is 1. The predicted octanol–water partition coefficient (Wildman–Crippen LogP) is 3.62. The lowest BCUT2D eigenvalue weighted by atomic mass is 9.72. The molecule has 2 saturated heterocycles. The quantitative estimate of drug-likeness (QED) is 0.741. The summed E-state index contributed by atoms with van der Waals surface area (Å²) in [4.78, 5) is 17.5. The van der Waals surface area contributed by atoms with Gasteiger partial charge in [0.25, 0.3) is 0 Å². The Labute approximate surface area is 193 Å². The fourth-order valence-corrected chi connectivity index (χ4v) is 5.67. The summed E-state index contributed by atoms with van der Waals surface area (Å²) in [5, 5.41) is 19.3. The molecule has 33 heavy (non-hydrogen) atoms. The van der Waals surface area contributed by atoms with Gasteiger partial charge in [-0.25, -0.2) is 8.78 Å². The highest BCUT2D eigenvalue weighted by Gasteiger charge is 2.48. The van der Waals surface area contributed by atoms with Crippen LogP contribution in [0.15, 0.2) is 36.5 Å². The van der Waals surface area contributed by atoms with Gasteiger partial charge in [-0.15, -0.1) is 5.10 Å². The van der Waals surface area contributed by atoms with Crippen molar-refractivity contribution in [2.75, 3.05) is 31.1 Å². The summed E-state index contributed by atoms with van der Waals surface area (Å²) in [7, 11) is 0. The Bertz CT molecular complexity index is 978. The van der Waals surface area contributed by atoms with E-state index in [9.17, 15) is 18.7 Å². The molecular weight excluding hydrogens is 426 g/mol. The first-order valence-electron chi connectivity index (χ1n) is 11.7. The van der Waals surface area contributed by atoms with Crippen molar-refractivity contribution in [3.8, 4) is 0 Å². The highest BCUT2D eigenvalue weighted by atomic mass is 19.1. The van der Waals surface area contributed by atoms with Gasteiger partial charge in [0, 0.05) is 56.2 Å². The fraction of sp³-hybridized carbons (Fsp3) is 0.560. The number of carbonyl (C=O) groups is 1. The summed E-state index contributed by atoms with van der Waals surface area (Å²) in [6.45, 7) is 7.70. The van der Waals surface area contributed by atoms with E-state index in [0.29, 0.717) is 44.0 Å². The zero-order chi connectivity index (χ0) is 23.8. The van der Waals surface area contributed by atoms with Gasteiger partial charge in [-0.3, -0.25) is 4.79 Å². The van der Waals surface area contributed by atoms with Crippen LogP contribution in [-0.2, 0) is 4.79 Å². The van der Waals surface area contributed by atoms with E-state index < -0.39 is 29.1 Å². The summed E-state index contributed by atoms with van der Waals surface area (Å²) in [5.41, 5.74) is -0.461. The molecule has 0 saturated carbocycles. The Kier molecular flexibility index (Phi) is 6.66. The van der Waals surface area contributed by atoms with Gasteiger partial charge < -0.3 is 14.9 Å². The number of hydrogen-bond acceptors (Lipinski definition) is 5. The van der Waals surface area contributed by atoms with Gasteiger partial charge in [-0.05, 0) is 30.2 Å². The van der Waals surface area contributed by atoms with Crippen LogP contribution in [0.25, 0.3) is 0 Å². The Balaban J connectivity index is 1.62. The maximum atomic E-state index is 14.8. The van der Waals surface area contributed by atoms with Gasteiger partial charge >= 0.3 is 0 Å². The predicted molar refractivity (Wildman–Crippen MR) is 122 cm³/mol. The summed E-state index contributed by atoms with van der Waals surface area (Å²) in [5.74, 6) is -1.81. The smallest absolute Gasteiger partial charge is 0.228 e. The number of benzene rings is 1. The zero-order valence-electron chi connectivity index (χ0n) is 19.4. The first-order valence-corrected chi connectivity index (χ1v) is 11.7. The number of rotatable bonds is 5. The van der Waals surface area contributed by atoms with Crippen LogP contribution < -0.4 is 4.90 Å². The van der Waals surface area contributed by atoms with E-state index in [1.54, 1.807) is 12.3 Å². The number of aromatic nitrogens is 2. The standard InChI is InChI=1S/C25H32F2N4O2/c1-4-9-25(33)16(2)12-31(13-17(25)3)24(32)21-15-30(23-6-5-10-28-29-23)14-20(21)19-8-7-18(26)11-22(19)27/h5-8,10-11,16-17,20-21,33H,4,9,12-15H2,1-3H3/t16-,17+,20-,21+,25?/m1/s1. The van der Waals surface area contributed by atoms with E-state index in [4.69, 9.17) is 0 Å². The monoisotopic (exact) mass is 458 g/mol. The van der Waals surface area contributed by atoms with Gasteiger partial charge in [-0.1, -0.05) is 33.3 Å². The Morgan fingerprint density at radius 1 is 1.15 bits per heavy atom. The van der Waals surface area contributed by atoms with Crippen LogP contribution in [0.3, 0.4) is 0 Å². The molecular formula is C25H32F2N4O2. The van der Waals surface area contributed by atoms with Crippen molar-refractivity contribution in [1.82, 2.24) is 15.1 Å². The average Bonchev–Trinajstić information content (AvgIpc) is 3.23. The van der Waals surface area contributed by atoms with Gasteiger partial charge in [0.2, 0.25) is 5.91 Å². The normalized spacial score (nSPS) is 30.0. The number of carbonyl (C=O) groups excluding carboxylic acids is 1. The van der Waals surface area contributed by atoms with Crippen LogP contribution in [0.4, 0.5) is 14.6 Å². The number of piperidine rings is 1. The van der Waals surface area contributed by atoms with Crippen molar-refractivity contribution >= 4 is 11.7 Å². The molecule has 178 valence electrons. The minimum Gasteiger partial charge on any atom is -0.389 e. The molecule has 0 bridgehead atoms. The third-order valence-electron chi connectivity index (χ3n) is 7.54. The van der Waals surface area contributed by atoms with Crippen molar-refractivity contribution in [1.29, 1.82) is 0 Å². The van der Waals surface area contributed by atoms with Crippen molar-refractivity contribution in [3.63, 3.8) is 0 Å². The first-order chi connectivity index (χ1) is 15.7. The zero-order valence-corrected chi connectivity index (χ0v) is 19.4. The van der Waals surface area contributed by atoms with Gasteiger partial charge in [0.15, 0.2) is 5.82 Å². The molecule has 0 radical (unpaired) electrons. The second kappa shape index (κ2) is 9.33. The lowest BCUT2D eigenvalue weighted by Gasteiger charge is -2.48. The highest BCUT2D eigenvalue weighted by molar-refractivity contribution is 5.82. The Morgan fingerprint density at radius 3 is 2.48 bits per heavy atom. The van der Waals surface area contributed by atoms with Crippen LogP contribution in [0.2, 0.25) is 0 Å². The molecule has 4 rings (SSSR count). The number of halogens is 2. The minimum atomic E-state index is -0.796. The number of aliphatic hydroxyl groups is 1. The highest BCUT2D eigenvalue weighted by Crippen LogP contribution is 2.40. The summed E-state index contributed by atoms with van der Waals surface area (Å²) in [6, 6.07) is 7.14. The van der Waals surface area contributed by atoms with Crippen molar-refractivity contribution in [2.24, 2.45) is 17.8 Å². The fourth-order valence-electron chi connectivity index (χ4n) is 5.67. The van der Waals surface area contributed by atoms with E-state index in [-0.39, 0.29) is 17.7 Å². The van der Waals surface area contributed by atoms with Crippen LogP contribution in [0.1, 0.15) is 45.1 Å². The molecule has 2 aromatic rings. The van der Waals surface area contributed by atoms with E-state index in [2.05, 4.69) is 17.1 Å². The topological polar surface area (TPSA) is 69.6 Å². The van der Waals surface area contributed by atoms with Crippen LogP contribution in [-0.4, -0.2) is 57.9 Å². The molecule has 0 aliphatic carbocycles. The molecule has 1 amide bonds. The van der Waals surface area contributed by atoms with Gasteiger partial charge in [0.1, 0.15) is 11.6 Å². The summed E-state index contributed by atoms with van der Waals surface area (Å²) >= 11 is 0. The molecule has 1 unspecified atom stereocenters. The van der Waals surface area contributed by atoms with E-state index in [1.165, 1.54) is 12.1 Å². The summed E-state index contributed by atoms with van der Waals surface area (Å²) in [6.07, 6.45) is 3.15. The maximum absolute atomic E-state index is 14.8. The maximum Gasteiger partial charge on any atom is 0.228 e. The molecule has 1 aromatic heterocycles. The largest absolute Gasteiger partial charge is 0.389 e. The summed E-state index contributed by atoms with van der Waals surface area (Å²) < 4.78 is 28.4. The number of amides is 1. The molecule has 0 spiro atoms. The second-order valence-electron chi connectivity index (χ2n) is 9.65. The van der Waals surface area contributed by atoms with Crippen molar-refractivity contribution in [2.45, 2.75) is 45.1 Å². The van der Waals surface area contributed by atoms with Gasteiger partial charge in [-0.2, -0.15) is 5.10 Å². The van der Waals surface area contributed by atoms with Crippen LogP contribution >= 0.6 is 0 Å². The molecule has 2 aliphatic heterocycles. The van der Waals surface area contributed by atoms with Crippen molar-refractivity contribution < 1.29 is 18.7 Å². The van der Waals surface area contributed by atoms with Crippen molar-refractivity contribution in [3.05, 3.63) is 53.7 Å². The molecule has 6 nitrogen and oxygen atoms in total. The molecule has 2 aliphatic rings. The second-order valence-corrected chi connectivity index (χ2v) is 9.65. The molecule has 2 fully saturated rings. The molecule has 3 heterocycles. The third-order valence-corrected chi connectivity index (χ3v) is 7.54. The molecule has 5 atom stereocenters. The molecule has 1 N–H and O–H groups in total. The lowest BCUT2D eigenvalue weighted by Crippen LogP contribution is -2.58. The van der Waals surface area contributed by atoms with Crippen LogP contribution in [0.5, 0.6) is 0 Å². The van der Waals surface area contributed by atoms with E-state index in [1.807, 2.05) is 29.7 Å². The van der Waals surface area contributed by atoms with Gasteiger partial charge in [0.05, 0.1) is 11.5 Å². The van der Waals surface area contributed by atoms with E-state index >= 15 is 0 Å². The number of anilines is 1. The minimum absolute atomic E-state index is 0.0626. The molecule has 1 aromatic carbocycles. The molecule has 8 heteroatoms. The average molecular weight is 459 g/mol. The lowest BCUT2D eigenvalue weighted by molar-refractivity contribution is -0.151. The van der Waals surface area contributed by atoms with Crippen LogP contribution in [0, 0.1) is 29.4 Å². The Morgan fingerprint density at radius 2 is 1.88 bits per heavy atom. The SMILES string of the molecule is CCCC1(O)[C@H](C)CN(C(=O)[C@H]2CN(c3cccnn3)C[C@@H]2c2ccc(F)cc2F)C[C@@H]1C. The first kappa shape index (κ1) is 23.5. The van der Waals surface area contributed by atoms with E-state index in [0.717, 1.165) is 12.5 Å². The number of likely N-dealkylation sites (tertiary alicyclic amines) is 1. The Hall–Kier alpha value is -2.61.